The van der Waals surface area contributed by atoms with Crippen molar-refractivity contribution in [3.05, 3.63) is 21.9 Å². The summed E-state index contributed by atoms with van der Waals surface area (Å²) in [6.07, 6.45) is 2.79. The minimum absolute atomic E-state index is 0. The summed E-state index contributed by atoms with van der Waals surface area (Å²) in [5.41, 5.74) is 1.66. The zero-order chi connectivity index (χ0) is 6.81. The van der Waals surface area contributed by atoms with Crippen LogP contribution in [0.1, 0.15) is 10.4 Å². The van der Waals surface area contributed by atoms with E-state index in [4.69, 9.17) is 0 Å². The fourth-order valence-electron chi connectivity index (χ4n) is 1.26. The van der Waals surface area contributed by atoms with Gasteiger partial charge in [0.05, 0.1) is 0 Å². The summed E-state index contributed by atoms with van der Waals surface area (Å²) in [6.45, 7) is 0. The number of thiophene rings is 1. The van der Waals surface area contributed by atoms with Crippen molar-refractivity contribution in [3.8, 4) is 0 Å². The molecule has 0 unspecified atom stereocenters. The monoisotopic (exact) mass is 295 g/mol. The quantitative estimate of drug-likeness (QED) is 0.388. The topological polar surface area (TPSA) is 0 Å². The fourth-order valence-corrected chi connectivity index (χ4v) is 5.22. The number of hydrogen-bond acceptors (Lipinski definition) is 1. The number of rotatable bonds is 0. The first kappa shape index (κ1) is 10.0. The number of halogens is 1. The van der Waals surface area contributed by atoms with Crippen molar-refractivity contribution >= 4 is 49.9 Å². The van der Waals surface area contributed by atoms with Crippen molar-refractivity contribution < 1.29 is 0 Å². The Balaban J connectivity index is 0.000000605. The summed E-state index contributed by atoms with van der Waals surface area (Å²) >= 11 is 2.37. The van der Waals surface area contributed by atoms with Crippen LogP contribution in [0.2, 0.25) is 0 Å². The van der Waals surface area contributed by atoms with Crippen molar-refractivity contribution in [2.75, 3.05) is 8.86 Å². The molecule has 1 aliphatic rings. The Kier molecular flexibility index (Phi) is 4.44. The van der Waals surface area contributed by atoms with E-state index in [9.17, 15) is 0 Å². The molecule has 1 radical (unpaired) electrons. The Morgan fingerprint density at radius 3 is 3.00 bits per heavy atom. The van der Waals surface area contributed by atoms with Gasteiger partial charge in [-0.05, 0) is 0 Å². The first-order chi connectivity index (χ1) is 4.97. The normalized spacial score (nSPS) is 17.1. The standard InChI is InChI=1S/C8H11IS.Al.2H/c1-4-9-5-2-8-7(1)3-6-10-8;;;/h3,6,9H,1-2,4-5H2;;;. The zero-order valence-electron chi connectivity index (χ0n) is 6.80. The van der Waals surface area contributed by atoms with Gasteiger partial charge in [0, 0.05) is 0 Å². The predicted molar refractivity (Wildman–Crippen MR) is 65.4 cm³/mol. The molecule has 0 nitrogen and oxygen atoms in total. The Labute approximate surface area is 92.8 Å². The van der Waals surface area contributed by atoms with Crippen molar-refractivity contribution in [2.45, 2.75) is 12.8 Å². The molecule has 61 valence electrons. The van der Waals surface area contributed by atoms with Crippen LogP contribution in [0.15, 0.2) is 11.4 Å². The summed E-state index contributed by atoms with van der Waals surface area (Å²) in [4.78, 5) is 1.68. The molecule has 0 aliphatic carbocycles. The van der Waals surface area contributed by atoms with E-state index in [-0.39, 0.29) is 17.4 Å². The van der Waals surface area contributed by atoms with E-state index >= 15 is 0 Å². The van der Waals surface area contributed by atoms with Crippen LogP contribution in [0.5, 0.6) is 0 Å². The Bertz CT molecular complexity index is 201. The van der Waals surface area contributed by atoms with Crippen LogP contribution in [-0.4, -0.2) is 26.2 Å². The third kappa shape index (κ3) is 2.45. The van der Waals surface area contributed by atoms with Gasteiger partial charge in [0.25, 0.3) is 0 Å². The first-order valence-electron chi connectivity index (χ1n) is 3.60. The maximum absolute atomic E-state index is 2.32. The average Bonchev–Trinajstić information content (AvgIpc) is 2.28. The molecule has 1 aromatic heterocycles. The Morgan fingerprint density at radius 2 is 2.09 bits per heavy atom. The second-order valence-electron chi connectivity index (χ2n) is 2.48. The van der Waals surface area contributed by atoms with Gasteiger partial charge in [-0.1, -0.05) is 0 Å². The molecule has 1 aromatic rings. The minimum atomic E-state index is 0. The van der Waals surface area contributed by atoms with Crippen molar-refractivity contribution in [1.82, 2.24) is 0 Å². The van der Waals surface area contributed by atoms with Crippen LogP contribution in [0.3, 0.4) is 0 Å². The Morgan fingerprint density at radius 1 is 1.27 bits per heavy atom. The van der Waals surface area contributed by atoms with Gasteiger partial charge in [-0.3, -0.25) is 0 Å². The van der Waals surface area contributed by atoms with Gasteiger partial charge in [0.1, 0.15) is 17.4 Å². The summed E-state index contributed by atoms with van der Waals surface area (Å²) in [5, 5.41) is 2.25. The van der Waals surface area contributed by atoms with Crippen molar-refractivity contribution in [1.29, 1.82) is 0 Å². The van der Waals surface area contributed by atoms with Crippen LogP contribution in [0, 0.1) is 0 Å². The SMILES string of the molecule is [AlH2].c1cc2c(s1)CC[IH]CC2. The average molecular weight is 295 g/mol. The molecule has 0 saturated carbocycles. The third-order valence-corrected chi connectivity index (χ3v) is 5.66. The van der Waals surface area contributed by atoms with Crippen molar-refractivity contribution in [2.24, 2.45) is 0 Å². The summed E-state index contributed by atoms with van der Waals surface area (Å²) in [6, 6.07) is 2.32. The van der Waals surface area contributed by atoms with Crippen LogP contribution in [0.25, 0.3) is 0 Å². The van der Waals surface area contributed by atoms with Crippen LogP contribution in [-0.2, 0) is 12.8 Å². The number of fused-ring (bicyclic) bond motifs is 1. The van der Waals surface area contributed by atoms with E-state index in [1.807, 2.05) is 11.3 Å². The van der Waals surface area contributed by atoms with E-state index in [1.54, 1.807) is 14.9 Å². The number of alkyl halides is 2. The van der Waals surface area contributed by atoms with Gasteiger partial charge in [-0.25, -0.2) is 0 Å². The number of hydrogen-bond donors (Lipinski definition) is 0. The van der Waals surface area contributed by atoms with Crippen LogP contribution < -0.4 is 0 Å². The number of aryl methyl sites for hydroxylation is 2. The van der Waals surface area contributed by atoms with Gasteiger partial charge in [0.2, 0.25) is 0 Å². The molecular formula is C8H13AlIS. The van der Waals surface area contributed by atoms with Crippen molar-refractivity contribution in [3.63, 3.8) is 0 Å². The summed E-state index contributed by atoms with van der Waals surface area (Å²) in [5.74, 6) is 0. The first-order valence-corrected chi connectivity index (χ1v) is 7.77. The van der Waals surface area contributed by atoms with Gasteiger partial charge in [0.15, 0.2) is 0 Å². The van der Waals surface area contributed by atoms with Crippen LogP contribution in [0.4, 0.5) is 0 Å². The van der Waals surface area contributed by atoms with Crippen LogP contribution >= 0.6 is 32.5 Å². The molecule has 11 heavy (non-hydrogen) atoms. The predicted octanol–water partition coefficient (Wildman–Crippen LogP) is 1.63. The zero-order valence-corrected chi connectivity index (χ0v) is 11.9. The van der Waals surface area contributed by atoms with E-state index in [0.29, 0.717) is 21.2 Å². The Hall–Kier alpha value is 0.962. The molecule has 0 spiro atoms. The molecule has 1 aliphatic heterocycles. The van der Waals surface area contributed by atoms with Gasteiger partial charge in [-0.2, -0.15) is 0 Å². The second kappa shape index (κ2) is 4.86. The molecule has 3 heteroatoms. The molecule has 0 fully saturated rings. The maximum atomic E-state index is 2.32. The molecule has 0 N–H and O–H groups in total. The fraction of sp³-hybridized carbons (Fsp3) is 0.500. The second-order valence-corrected chi connectivity index (χ2v) is 6.98. The van der Waals surface area contributed by atoms with Gasteiger partial charge >= 0.3 is 76.1 Å². The molecule has 0 atom stereocenters. The van der Waals surface area contributed by atoms with E-state index in [0.717, 1.165) is 0 Å². The van der Waals surface area contributed by atoms with E-state index in [2.05, 4.69) is 11.4 Å². The molecule has 0 bridgehead atoms. The third-order valence-electron chi connectivity index (χ3n) is 1.83. The summed E-state index contributed by atoms with van der Waals surface area (Å²) in [7, 11) is 0. The molecule has 2 rings (SSSR count). The summed E-state index contributed by atoms with van der Waals surface area (Å²) < 4.78 is 3.08. The van der Waals surface area contributed by atoms with E-state index < -0.39 is 0 Å². The molecule has 0 aromatic carbocycles. The molecule has 2 heterocycles. The van der Waals surface area contributed by atoms with Gasteiger partial charge in [-0.15, -0.1) is 0 Å². The molecule has 0 amide bonds. The molecule has 0 saturated heterocycles. The molecular weight excluding hydrogens is 282 g/mol. The van der Waals surface area contributed by atoms with E-state index in [1.165, 1.54) is 17.3 Å². The van der Waals surface area contributed by atoms with Gasteiger partial charge < -0.3 is 0 Å².